The number of carboxylic acid groups (broad SMARTS) is 1. The van der Waals surface area contributed by atoms with E-state index in [1.165, 1.54) is 6.07 Å². The van der Waals surface area contributed by atoms with E-state index in [2.05, 4.69) is 5.32 Å². The van der Waals surface area contributed by atoms with Crippen LogP contribution in [-0.2, 0) is 16.0 Å². The lowest BCUT2D eigenvalue weighted by molar-refractivity contribution is -0.143. The summed E-state index contributed by atoms with van der Waals surface area (Å²) in [6, 6.07) is 2.20. The number of amides is 1. The maximum atomic E-state index is 13.3. The highest BCUT2D eigenvalue weighted by molar-refractivity contribution is 5.85. The highest BCUT2D eigenvalue weighted by Gasteiger charge is 2.24. The van der Waals surface area contributed by atoms with Gasteiger partial charge in [0, 0.05) is 5.56 Å². The predicted molar refractivity (Wildman–Crippen MR) is 64.5 cm³/mol. The number of hydrogen-bond donors (Lipinski definition) is 2. The van der Waals surface area contributed by atoms with E-state index in [1.54, 1.807) is 13.8 Å². The lowest BCUT2D eigenvalue weighted by Gasteiger charge is -2.18. The van der Waals surface area contributed by atoms with Crippen LogP contribution in [0.1, 0.15) is 19.4 Å². The van der Waals surface area contributed by atoms with Gasteiger partial charge in [-0.2, -0.15) is 0 Å². The van der Waals surface area contributed by atoms with Gasteiger partial charge in [0.25, 0.3) is 0 Å². The van der Waals surface area contributed by atoms with E-state index in [0.29, 0.717) is 0 Å². The molecule has 0 unspecified atom stereocenters. The van der Waals surface area contributed by atoms with Crippen LogP contribution in [0, 0.1) is 17.6 Å². The van der Waals surface area contributed by atoms with Gasteiger partial charge < -0.3 is 10.4 Å². The Labute approximate surface area is 109 Å². The number of rotatable bonds is 5. The Balaban J connectivity index is 2.78. The van der Waals surface area contributed by atoms with Crippen LogP contribution < -0.4 is 5.32 Å². The number of nitrogens with one attached hydrogen (secondary N) is 1. The average Bonchev–Trinajstić information content (AvgIpc) is 2.30. The van der Waals surface area contributed by atoms with Crippen LogP contribution in [-0.4, -0.2) is 23.0 Å². The smallest absolute Gasteiger partial charge is 0.326 e. The number of carboxylic acids is 1. The SMILES string of the molecule is CC(C)[C@H](NC(=O)Cc1c(F)cccc1F)C(=O)O. The zero-order valence-corrected chi connectivity index (χ0v) is 10.6. The maximum absolute atomic E-state index is 13.3. The zero-order valence-electron chi connectivity index (χ0n) is 10.6. The predicted octanol–water partition coefficient (Wildman–Crippen LogP) is 1.73. The molecule has 0 saturated carbocycles. The lowest BCUT2D eigenvalue weighted by Crippen LogP contribution is -2.45. The first-order valence-corrected chi connectivity index (χ1v) is 5.78. The van der Waals surface area contributed by atoms with Crippen molar-refractivity contribution in [2.45, 2.75) is 26.3 Å². The van der Waals surface area contributed by atoms with Gasteiger partial charge in [-0.1, -0.05) is 19.9 Å². The first-order valence-electron chi connectivity index (χ1n) is 5.78. The lowest BCUT2D eigenvalue weighted by atomic mass is 10.0. The summed E-state index contributed by atoms with van der Waals surface area (Å²) < 4.78 is 26.7. The van der Waals surface area contributed by atoms with E-state index < -0.39 is 36.0 Å². The van der Waals surface area contributed by atoms with E-state index in [0.717, 1.165) is 12.1 Å². The van der Waals surface area contributed by atoms with Crippen LogP contribution in [0.3, 0.4) is 0 Å². The molecule has 0 radical (unpaired) electrons. The standard InChI is InChI=1S/C13H15F2NO3/c1-7(2)12(13(18)19)16-11(17)6-8-9(14)4-3-5-10(8)15/h3-5,7,12H,6H2,1-2H3,(H,16,17)(H,18,19)/t12-/m0/s1. The maximum Gasteiger partial charge on any atom is 0.326 e. The highest BCUT2D eigenvalue weighted by Crippen LogP contribution is 2.13. The second-order valence-electron chi connectivity index (χ2n) is 4.50. The molecule has 1 amide bonds. The van der Waals surface area contributed by atoms with Crippen LogP contribution in [0.15, 0.2) is 18.2 Å². The van der Waals surface area contributed by atoms with Gasteiger partial charge in [0.2, 0.25) is 5.91 Å². The summed E-state index contributed by atoms with van der Waals surface area (Å²) in [5.74, 6) is -3.90. The van der Waals surface area contributed by atoms with Crippen LogP contribution >= 0.6 is 0 Å². The largest absolute Gasteiger partial charge is 0.480 e. The summed E-state index contributed by atoms with van der Waals surface area (Å²) in [4.78, 5) is 22.5. The fourth-order valence-corrected chi connectivity index (χ4v) is 1.60. The van der Waals surface area contributed by atoms with Crippen molar-refractivity contribution in [2.24, 2.45) is 5.92 Å². The molecule has 0 aliphatic rings. The molecular weight excluding hydrogens is 256 g/mol. The quantitative estimate of drug-likeness (QED) is 0.857. The van der Waals surface area contributed by atoms with E-state index >= 15 is 0 Å². The molecule has 1 rings (SSSR count). The minimum atomic E-state index is -1.18. The second kappa shape index (κ2) is 6.26. The Bertz CT molecular complexity index is 469. The van der Waals surface area contributed by atoms with E-state index in [4.69, 9.17) is 5.11 Å². The van der Waals surface area contributed by atoms with Gasteiger partial charge >= 0.3 is 5.97 Å². The van der Waals surface area contributed by atoms with Gasteiger partial charge in [0.15, 0.2) is 0 Å². The van der Waals surface area contributed by atoms with Gasteiger partial charge in [-0.25, -0.2) is 13.6 Å². The third-order valence-electron chi connectivity index (χ3n) is 2.65. The fourth-order valence-electron chi connectivity index (χ4n) is 1.60. The summed E-state index contributed by atoms with van der Waals surface area (Å²) in [6.45, 7) is 3.26. The average molecular weight is 271 g/mol. The van der Waals surface area contributed by atoms with E-state index in [9.17, 15) is 18.4 Å². The van der Waals surface area contributed by atoms with Crippen LogP contribution in [0.2, 0.25) is 0 Å². The number of hydrogen-bond acceptors (Lipinski definition) is 2. The molecule has 0 spiro atoms. The fraction of sp³-hybridized carbons (Fsp3) is 0.385. The highest BCUT2D eigenvalue weighted by atomic mass is 19.1. The first-order chi connectivity index (χ1) is 8.82. The molecule has 0 aliphatic carbocycles. The summed E-state index contributed by atoms with van der Waals surface area (Å²) in [5, 5.41) is 11.2. The molecule has 104 valence electrons. The number of carbonyl (C=O) groups excluding carboxylic acids is 1. The summed E-state index contributed by atoms with van der Waals surface area (Å²) >= 11 is 0. The van der Waals surface area contributed by atoms with Gasteiger partial charge in [0.05, 0.1) is 6.42 Å². The molecule has 1 atom stereocenters. The number of halogens is 2. The Morgan fingerprint density at radius 2 is 1.79 bits per heavy atom. The van der Waals surface area contributed by atoms with Crippen molar-refractivity contribution in [3.63, 3.8) is 0 Å². The summed E-state index contributed by atoms with van der Waals surface area (Å²) in [5.41, 5.74) is -0.368. The third kappa shape index (κ3) is 4.01. The molecule has 0 fully saturated rings. The molecule has 4 nitrogen and oxygen atoms in total. The molecule has 0 aromatic heterocycles. The molecule has 1 aromatic rings. The van der Waals surface area contributed by atoms with Crippen LogP contribution in [0.25, 0.3) is 0 Å². The molecule has 0 aliphatic heterocycles. The van der Waals surface area contributed by atoms with Crippen molar-refractivity contribution in [2.75, 3.05) is 0 Å². The van der Waals surface area contributed by atoms with Crippen molar-refractivity contribution in [3.05, 3.63) is 35.4 Å². The number of carbonyl (C=O) groups is 2. The number of benzene rings is 1. The van der Waals surface area contributed by atoms with Crippen molar-refractivity contribution >= 4 is 11.9 Å². The third-order valence-corrected chi connectivity index (χ3v) is 2.65. The minimum absolute atomic E-state index is 0.327. The molecule has 19 heavy (non-hydrogen) atoms. The Hall–Kier alpha value is -1.98. The first kappa shape index (κ1) is 15.1. The van der Waals surface area contributed by atoms with Crippen LogP contribution in [0.4, 0.5) is 8.78 Å². The zero-order chi connectivity index (χ0) is 14.6. The molecule has 0 heterocycles. The van der Waals surface area contributed by atoms with Crippen molar-refractivity contribution in [1.29, 1.82) is 0 Å². The monoisotopic (exact) mass is 271 g/mol. The Kier molecular flexibility index (Phi) is 4.97. The van der Waals surface area contributed by atoms with Crippen LogP contribution in [0.5, 0.6) is 0 Å². The molecule has 0 saturated heterocycles. The molecule has 1 aromatic carbocycles. The Morgan fingerprint density at radius 1 is 1.26 bits per heavy atom. The van der Waals surface area contributed by atoms with Gasteiger partial charge in [0.1, 0.15) is 17.7 Å². The van der Waals surface area contributed by atoms with Gasteiger partial charge in [-0.15, -0.1) is 0 Å². The number of aliphatic carboxylic acids is 1. The normalized spacial score (nSPS) is 12.3. The van der Waals surface area contributed by atoms with Gasteiger partial charge in [-0.3, -0.25) is 4.79 Å². The Morgan fingerprint density at radius 3 is 2.21 bits per heavy atom. The molecule has 2 N–H and O–H groups in total. The molecular formula is C13H15F2NO3. The van der Waals surface area contributed by atoms with Gasteiger partial charge in [-0.05, 0) is 18.1 Å². The van der Waals surface area contributed by atoms with Crippen molar-refractivity contribution in [1.82, 2.24) is 5.32 Å². The molecule has 0 bridgehead atoms. The topological polar surface area (TPSA) is 66.4 Å². The summed E-state index contributed by atoms with van der Waals surface area (Å²) in [7, 11) is 0. The van der Waals surface area contributed by atoms with E-state index in [1.807, 2.05) is 0 Å². The second-order valence-corrected chi connectivity index (χ2v) is 4.50. The van der Waals surface area contributed by atoms with Crippen molar-refractivity contribution in [3.8, 4) is 0 Å². The minimum Gasteiger partial charge on any atom is -0.480 e. The molecule has 6 heteroatoms. The van der Waals surface area contributed by atoms with E-state index in [-0.39, 0.29) is 11.5 Å². The summed E-state index contributed by atoms with van der Waals surface area (Å²) in [6.07, 6.45) is -0.533. The van der Waals surface area contributed by atoms with Crippen molar-refractivity contribution < 1.29 is 23.5 Å².